The third-order valence-electron chi connectivity index (χ3n) is 7.68. The minimum Gasteiger partial charge on any atom is -0.354 e. The number of amides is 1. The maximum absolute atomic E-state index is 13.6. The molecule has 0 radical (unpaired) electrons. The first-order chi connectivity index (χ1) is 19.7. The van der Waals surface area contributed by atoms with Crippen molar-refractivity contribution in [2.24, 2.45) is 0 Å². The number of carbonyl (C=O) groups is 1. The first-order valence-corrected chi connectivity index (χ1v) is 14.1. The third-order valence-corrected chi connectivity index (χ3v) is 7.68. The predicted molar refractivity (Wildman–Crippen MR) is 159 cm³/mol. The van der Waals surface area contributed by atoms with Gasteiger partial charge in [-0.1, -0.05) is 85.8 Å². The Hall–Kier alpha value is -4.52. The molecule has 1 aliphatic rings. The van der Waals surface area contributed by atoms with Crippen LogP contribution in [0.5, 0.6) is 0 Å². The van der Waals surface area contributed by atoms with Gasteiger partial charge in [0.1, 0.15) is 11.6 Å². The number of benzene rings is 3. The fourth-order valence-corrected chi connectivity index (χ4v) is 5.60. The van der Waals surface area contributed by atoms with Crippen LogP contribution in [0.3, 0.4) is 0 Å². The van der Waals surface area contributed by atoms with Gasteiger partial charge in [-0.2, -0.15) is 5.10 Å². The number of hydrogen-bond acceptors (Lipinski definition) is 5. The molecule has 7 heteroatoms. The Bertz CT molecular complexity index is 1570. The number of nitrogens with zero attached hydrogens (tertiary/aromatic N) is 6. The van der Waals surface area contributed by atoms with Crippen LogP contribution >= 0.6 is 0 Å². The SMILES string of the molecule is CCC(C(=O)N1CCCN(c2nc(Cc3ccccc3)nc3c2cnn3-c2ccccc2)CC1)c1ccccc1. The summed E-state index contributed by atoms with van der Waals surface area (Å²) in [5.41, 5.74) is 4.02. The fourth-order valence-electron chi connectivity index (χ4n) is 5.60. The van der Waals surface area contributed by atoms with Crippen LogP contribution in [0, 0.1) is 0 Å². The predicted octanol–water partition coefficient (Wildman–Crippen LogP) is 5.64. The Kier molecular flexibility index (Phi) is 7.53. The van der Waals surface area contributed by atoms with Crippen molar-refractivity contribution in [1.29, 1.82) is 0 Å². The lowest BCUT2D eigenvalue weighted by molar-refractivity contribution is -0.132. The Morgan fingerprint density at radius 2 is 1.52 bits per heavy atom. The Morgan fingerprint density at radius 3 is 2.25 bits per heavy atom. The number of para-hydroxylation sites is 1. The first kappa shape index (κ1) is 25.7. The molecule has 3 aromatic carbocycles. The van der Waals surface area contributed by atoms with Crippen molar-refractivity contribution in [2.75, 3.05) is 31.1 Å². The Balaban J connectivity index is 1.31. The summed E-state index contributed by atoms with van der Waals surface area (Å²) in [7, 11) is 0. The molecular formula is C33H34N6O. The van der Waals surface area contributed by atoms with Crippen LogP contribution in [-0.4, -0.2) is 56.7 Å². The third kappa shape index (κ3) is 5.32. The molecule has 1 unspecified atom stereocenters. The summed E-state index contributed by atoms with van der Waals surface area (Å²) in [5.74, 6) is 1.76. The standard InChI is InChI=1S/C33H34N6O/c1-2-28(26-15-8-4-9-16-26)33(40)38-20-12-19-37(21-22-38)31-29-24-34-39(27-17-10-5-11-18-27)32(29)36-30(35-31)23-25-13-6-3-7-14-25/h3-11,13-18,24,28H,2,12,19-23H2,1H3. The summed E-state index contributed by atoms with van der Waals surface area (Å²) in [5, 5.41) is 5.65. The van der Waals surface area contributed by atoms with E-state index in [4.69, 9.17) is 15.1 Å². The number of fused-ring (bicyclic) bond motifs is 1. The van der Waals surface area contributed by atoms with Crippen LogP contribution in [0.25, 0.3) is 16.7 Å². The average molecular weight is 531 g/mol. The van der Waals surface area contributed by atoms with E-state index < -0.39 is 0 Å². The molecule has 0 aliphatic carbocycles. The molecular weight excluding hydrogens is 496 g/mol. The van der Waals surface area contributed by atoms with E-state index in [9.17, 15) is 4.79 Å². The van der Waals surface area contributed by atoms with E-state index >= 15 is 0 Å². The van der Waals surface area contributed by atoms with Crippen LogP contribution in [0.2, 0.25) is 0 Å². The van der Waals surface area contributed by atoms with E-state index in [2.05, 4.69) is 36.1 Å². The Morgan fingerprint density at radius 1 is 0.825 bits per heavy atom. The highest BCUT2D eigenvalue weighted by Crippen LogP contribution is 2.28. The maximum atomic E-state index is 13.6. The fraction of sp³-hybridized carbons (Fsp3) is 0.273. The van der Waals surface area contributed by atoms with Gasteiger partial charge in [0.05, 0.1) is 23.2 Å². The lowest BCUT2D eigenvalue weighted by atomic mass is 9.95. The van der Waals surface area contributed by atoms with Gasteiger partial charge in [0.15, 0.2) is 5.65 Å². The van der Waals surface area contributed by atoms with Crippen molar-refractivity contribution in [3.05, 3.63) is 114 Å². The second-order valence-corrected chi connectivity index (χ2v) is 10.3. The molecule has 1 aliphatic heterocycles. The molecule has 202 valence electrons. The highest BCUT2D eigenvalue weighted by atomic mass is 16.2. The lowest BCUT2D eigenvalue weighted by Gasteiger charge is -2.26. The summed E-state index contributed by atoms with van der Waals surface area (Å²) in [6.45, 7) is 5.03. The molecule has 1 atom stereocenters. The Labute approximate surface area is 235 Å². The van der Waals surface area contributed by atoms with Gasteiger partial charge in [-0.15, -0.1) is 0 Å². The topological polar surface area (TPSA) is 67.2 Å². The molecule has 7 nitrogen and oxygen atoms in total. The van der Waals surface area contributed by atoms with Crippen LogP contribution < -0.4 is 4.90 Å². The van der Waals surface area contributed by atoms with Gasteiger partial charge >= 0.3 is 0 Å². The molecule has 40 heavy (non-hydrogen) atoms. The zero-order valence-corrected chi connectivity index (χ0v) is 22.9. The summed E-state index contributed by atoms with van der Waals surface area (Å²) in [6.07, 6.45) is 4.18. The monoisotopic (exact) mass is 530 g/mol. The maximum Gasteiger partial charge on any atom is 0.230 e. The second kappa shape index (κ2) is 11.7. The zero-order valence-electron chi connectivity index (χ0n) is 22.9. The van der Waals surface area contributed by atoms with Gasteiger partial charge in [0.25, 0.3) is 0 Å². The van der Waals surface area contributed by atoms with Gasteiger partial charge in [-0.25, -0.2) is 14.6 Å². The summed E-state index contributed by atoms with van der Waals surface area (Å²) in [6, 6.07) is 30.6. The van der Waals surface area contributed by atoms with E-state index in [1.807, 2.05) is 82.5 Å². The zero-order chi connectivity index (χ0) is 27.3. The molecule has 1 fully saturated rings. The van der Waals surface area contributed by atoms with Crippen molar-refractivity contribution < 1.29 is 4.79 Å². The van der Waals surface area contributed by atoms with Crippen molar-refractivity contribution in [2.45, 2.75) is 32.1 Å². The van der Waals surface area contributed by atoms with E-state index in [0.29, 0.717) is 19.5 Å². The van der Waals surface area contributed by atoms with E-state index in [0.717, 1.165) is 65.4 Å². The van der Waals surface area contributed by atoms with Crippen molar-refractivity contribution in [3.8, 4) is 5.69 Å². The number of carbonyl (C=O) groups excluding carboxylic acids is 1. The molecule has 0 bridgehead atoms. The van der Waals surface area contributed by atoms with Crippen molar-refractivity contribution in [3.63, 3.8) is 0 Å². The molecule has 3 heterocycles. The number of rotatable bonds is 7. The summed E-state index contributed by atoms with van der Waals surface area (Å²) < 4.78 is 1.90. The molecule has 0 saturated carbocycles. The quantitative estimate of drug-likeness (QED) is 0.273. The van der Waals surface area contributed by atoms with Gasteiger partial charge < -0.3 is 9.80 Å². The van der Waals surface area contributed by atoms with Crippen molar-refractivity contribution in [1.82, 2.24) is 24.6 Å². The first-order valence-electron chi connectivity index (χ1n) is 14.1. The van der Waals surface area contributed by atoms with Crippen LogP contribution in [-0.2, 0) is 11.2 Å². The normalized spacial score (nSPS) is 14.7. The van der Waals surface area contributed by atoms with Crippen molar-refractivity contribution >= 4 is 22.8 Å². The molecule has 6 rings (SSSR count). The average Bonchev–Trinajstić information content (AvgIpc) is 3.27. The second-order valence-electron chi connectivity index (χ2n) is 10.3. The smallest absolute Gasteiger partial charge is 0.230 e. The molecule has 0 N–H and O–H groups in total. The largest absolute Gasteiger partial charge is 0.354 e. The van der Waals surface area contributed by atoms with Gasteiger partial charge in [-0.3, -0.25) is 4.79 Å². The van der Waals surface area contributed by atoms with Crippen LogP contribution in [0.1, 0.15) is 42.6 Å². The molecule has 1 amide bonds. The van der Waals surface area contributed by atoms with E-state index in [-0.39, 0.29) is 11.8 Å². The minimum absolute atomic E-state index is 0.111. The molecule has 2 aromatic heterocycles. The minimum atomic E-state index is -0.111. The highest BCUT2D eigenvalue weighted by Gasteiger charge is 2.28. The lowest BCUT2D eigenvalue weighted by Crippen LogP contribution is -2.38. The van der Waals surface area contributed by atoms with Gasteiger partial charge in [0, 0.05) is 32.6 Å². The van der Waals surface area contributed by atoms with Crippen LogP contribution in [0.4, 0.5) is 5.82 Å². The van der Waals surface area contributed by atoms with Gasteiger partial charge in [-0.05, 0) is 36.1 Å². The molecule has 1 saturated heterocycles. The highest BCUT2D eigenvalue weighted by molar-refractivity contribution is 5.88. The number of anilines is 1. The molecule has 0 spiro atoms. The number of hydrogen-bond donors (Lipinski definition) is 0. The summed E-state index contributed by atoms with van der Waals surface area (Å²) >= 11 is 0. The van der Waals surface area contributed by atoms with E-state index in [1.54, 1.807) is 0 Å². The van der Waals surface area contributed by atoms with E-state index in [1.165, 1.54) is 0 Å². The molecule has 5 aromatic rings. The van der Waals surface area contributed by atoms with Gasteiger partial charge in [0.2, 0.25) is 5.91 Å². The van der Waals surface area contributed by atoms with Crippen LogP contribution in [0.15, 0.2) is 97.2 Å². The number of aromatic nitrogens is 4. The summed E-state index contributed by atoms with van der Waals surface area (Å²) in [4.78, 5) is 28.1.